The second-order valence-electron chi connectivity index (χ2n) is 4.25. The van der Waals surface area contributed by atoms with E-state index in [2.05, 4.69) is 29.3 Å². The fourth-order valence-corrected chi connectivity index (χ4v) is 1.89. The summed E-state index contributed by atoms with van der Waals surface area (Å²) in [4.78, 5) is 0. The van der Waals surface area contributed by atoms with Gasteiger partial charge < -0.3 is 15.4 Å². The predicted molar refractivity (Wildman–Crippen MR) is 67.2 cm³/mol. The highest BCUT2D eigenvalue weighted by Gasteiger charge is 2.34. The van der Waals surface area contributed by atoms with Crippen LogP contribution in [-0.2, 0) is 0 Å². The van der Waals surface area contributed by atoms with Crippen molar-refractivity contribution in [2.75, 3.05) is 0 Å². The van der Waals surface area contributed by atoms with E-state index < -0.39 is 7.26 Å². The Morgan fingerprint density at radius 2 is 1.33 bits per heavy atom. The van der Waals surface area contributed by atoms with E-state index in [9.17, 15) is 4.32 Å². The zero-order valence-corrected chi connectivity index (χ0v) is 9.85. The van der Waals surface area contributed by atoms with Crippen molar-refractivity contribution < 1.29 is 4.32 Å². The number of unbranched alkanes of at least 4 members (excludes halogenated alkanes) is 2. The van der Waals surface area contributed by atoms with Gasteiger partial charge in [0, 0.05) is 0 Å². The molecule has 0 unspecified atom stereocenters. The molecule has 0 atom stereocenters. The van der Waals surface area contributed by atoms with Crippen molar-refractivity contribution in [2.24, 2.45) is 0 Å². The first-order valence-electron chi connectivity index (χ1n) is 6.18. The predicted octanol–water partition coefficient (Wildman–Crippen LogP) is 1.30. The molecule has 0 bridgehead atoms. The smallest absolute Gasteiger partial charge is 0.371 e. The second-order valence-corrected chi connectivity index (χ2v) is 4.25. The minimum Gasteiger partial charge on any atom is -0.371 e. The number of nitrogens with one attached hydrogen (secondary N) is 3. The monoisotopic (exact) mass is 211 g/mol. The Kier molecular flexibility index (Phi) is 6.37. The molecule has 0 radical (unpaired) electrons. The van der Waals surface area contributed by atoms with E-state index in [1.165, 1.54) is 0 Å². The van der Waals surface area contributed by atoms with Crippen LogP contribution in [0.2, 0.25) is 12.6 Å². The standard InChI is InChI=1S/C8H21B3FN3/c1-3-5-7-9-13-10(8-6-4-2)15-11(12)14-9/h13-15H,3-8H2,1-2H3. The molecule has 1 saturated heterocycles. The van der Waals surface area contributed by atoms with E-state index >= 15 is 0 Å². The van der Waals surface area contributed by atoms with Gasteiger partial charge in [-0.15, -0.1) is 0 Å². The highest BCUT2D eigenvalue weighted by atomic mass is 19.1. The number of hydrogen-bond acceptors (Lipinski definition) is 3. The van der Waals surface area contributed by atoms with Gasteiger partial charge in [-0.1, -0.05) is 39.5 Å². The summed E-state index contributed by atoms with van der Waals surface area (Å²) < 4.78 is 13.3. The van der Waals surface area contributed by atoms with Crippen molar-refractivity contribution in [3.63, 3.8) is 0 Å². The van der Waals surface area contributed by atoms with Gasteiger partial charge in [0.15, 0.2) is 0 Å². The summed E-state index contributed by atoms with van der Waals surface area (Å²) in [5.74, 6) is 0. The third kappa shape index (κ3) is 5.04. The van der Waals surface area contributed by atoms with Crippen LogP contribution in [0.25, 0.3) is 0 Å². The lowest BCUT2D eigenvalue weighted by atomic mass is 9.51. The maximum atomic E-state index is 13.3. The lowest BCUT2D eigenvalue weighted by Gasteiger charge is -2.29. The molecule has 3 nitrogen and oxygen atoms in total. The molecule has 1 heterocycles. The van der Waals surface area contributed by atoms with Crippen molar-refractivity contribution in [3.05, 3.63) is 0 Å². The van der Waals surface area contributed by atoms with E-state index in [0.717, 1.165) is 38.3 Å². The quantitative estimate of drug-likeness (QED) is 0.579. The van der Waals surface area contributed by atoms with Crippen molar-refractivity contribution >= 4 is 21.2 Å². The van der Waals surface area contributed by atoms with Crippen LogP contribution < -0.4 is 15.4 Å². The second kappa shape index (κ2) is 7.31. The number of hydrogen-bond donors (Lipinski definition) is 3. The van der Waals surface area contributed by atoms with E-state index in [1.54, 1.807) is 0 Å². The van der Waals surface area contributed by atoms with Gasteiger partial charge >= 0.3 is 7.26 Å². The molecule has 1 aliphatic rings. The molecule has 0 aromatic rings. The molecule has 0 saturated carbocycles. The van der Waals surface area contributed by atoms with Gasteiger partial charge in [0.05, 0.1) is 0 Å². The topological polar surface area (TPSA) is 36.1 Å². The lowest BCUT2D eigenvalue weighted by Crippen LogP contribution is -2.73. The average molecular weight is 211 g/mol. The fraction of sp³-hybridized carbons (Fsp3) is 1.00. The summed E-state index contributed by atoms with van der Waals surface area (Å²) in [5, 5.41) is 9.13. The third-order valence-corrected chi connectivity index (χ3v) is 2.79. The normalized spacial score (nSPS) is 17.4. The van der Waals surface area contributed by atoms with Crippen molar-refractivity contribution in [1.29, 1.82) is 0 Å². The molecule has 84 valence electrons. The molecule has 3 N–H and O–H groups in total. The zero-order chi connectivity index (χ0) is 11.1. The number of halogens is 1. The maximum Gasteiger partial charge on any atom is 0.495 e. The molecule has 1 fully saturated rings. The summed E-state index contributed by atoms with van der Waals surface area (Å²) in [6.07, 6.45) is 6.59. The van der Waals surface area contributed by atoms with Crippen molar-refractivity contribution in [2.45, 2.75) is 52.2 Å². The van der Waals surface area contributed by atoms with E-state index in [1.807, 2.05) is 0 Å². The first kappa shape index (κ1) is 13.1. The summed E-state index contributed by atoms with van der Waals surface area (Å²) in [7, 11) is -1.06. The molecule has 7 heteroatoms. The fourth-order valence-electron chi connectivity index (χ4n) is 1.89. The van der Waals surface area contributed by atoms with Gasteiger partial charge in [-0.05, 0) is 12.6 Å². The van der Waals surface area contributed by atoms with Gasteiger partial charge in [-0.3, -0.25) is 4.32 Å². The van der Waals surface area contributed by atoms with Crippen molar-refractivity contribution in [3.8, 4) is 0 Å². The van der Waals surface area contributed by atoms with Crippen LogP contribution in [0.5, 0.6) is 0 Å². The maximum absolute atomic E-state index is 13.3. The van der Waals surface area contributed by atoms with Gasteiger partial charge in [0.25, 0.3) is 14.0 Å². The molecular weight excluding hydrogens is 190 g/mol. The van der Waals surface area contributed by atoms with Crippen LogP contribution in [-0.4, -0.2) is 21.2 Å². The van der Waals surface area contributed by atoms with Gasteiger partial charge in [0.2, 0.25) is 0 Å². The SMILES string of the molecule is CCCCB1NB(F)NB(CCCC)N1. The molecule has 0 aliphatic carbocycles. The zero-order valence-electron chi connectivity index (χ0n) is 9.85. The summed E-state index contributed by atoms with van der Waals surface area (Å²) in [6.45, 7) is 4.57. The summed E-state index contributed by atoms with van der Waals surface area (Å²) in [5.41, 5.74) is 0. The molecule has 15 heavy (non-hydrogen) atoms. The van der Waals surface area contributed by atoms with Crippen LogP contribution in [0.3, 0.4) is 0 Å². The van der Waals surface area contributed by atoms with Crippen LogP contribution in [0.4, 0.5) is 4.32 Å². The lowest BCUT2D eigenvalue weighted by molar-refractivity contribution is 0.768. The van der Waals surface area contributed by atoms with E-state index in [4.69, 9.17) is 0 Å². The van der Waals surface area contributed by atoms with Crippen LogP contribution in [0.1, 0.15) is 39.5 Å². The Balaban J connectivity index is 2.27. The van der Waals surface area contributed by atoms with Gasteiger partial charge in [-0.2, -0.15) is 0 Å². The molecule has 0 aromatic carbocycles. The minimum atomic E-state index is -1.06. The van der Waals surface area contributed by atoms with Crippen LogP contribution in [0, 0.1) is 0 Å². The van der Waals surface area contributed by atoms with Crippen molar-refractivity contribution in [1.82, 2.24) is 15.4 Å². The molecule has 1 rings (SSSR count). The van der Waals surface area contributed by atoms with E-state index in [-0.39, 0.29) is 14.0 Å². The largest absolute Gasteiger partial charge is 0.495 e. The molecule has 1 aliphatic heterocycles. The first-order chi connectivity index (χ1) is 7.26. The molecule has 0 aromatic heterocycles. The number of rotatable bonds is 6. The minimum absolute atomic E-state index is 0.128. The average Bonchev–Trinajstić information content (AvgIpc) is 2.23. The third-order valence-electron chi connectivity index (χ3n) is 2.79. The van der Waals surface area contributed by atoms with Gasteiger partial charge in [0.1, 0.15) is 0 Å². The Hall–Kier alpha value is 0.00481. The highest BCUT2D eigenvalue weighted by Crippen LogP contribution is 2.04. The summed E-state index contributed by atoms with van der Waals surface area (Å²) >= 11 is 0. The van der Waals surface area contributed by atoms with Crippen LogP contribution in [0.15, 0.2) is 0 Å². The molecular formula is C8H21B3FN3. The Bertz CT molecular complexity index is 159. The van der Waals surface area contributed by atoms with Gasteiger partial charge in [-0.25, -0.2) is 0 Å². The Morgan fingerprint density at radius 1 is 0.867 bits per heavy atom. The van der Waals surface area contributed by atoms with E-state index in [0.29, 0.717) is 0 Å². The Morgan fingerprint density at radius 3 is 1.73 bits per heavy atom. The van der Waals surface area contributed by atoms with Crippen LogP contribution >= 0.6 is 0 Å². The highest BCUT2D eigenvalue weighted by molar-refractivity contribution is 6.85. The first-order valence-corrected chi connectivity index (χ1v) is 6.18. The Labute approximate surface area is 93.8 Å². The molecule has 0 spiro atoms. The summed E-state index contributed by atoms with van der Waals surface area (Å²) in [6, 6.07) is 0. The molecule has 0 amide bonds.